The van der Waals surface area contributed by atoms with E-state index in [4.69, 9.17) is 28.4 Å². The van der Waals surface area contributed by atoms with E-state index in [2.05, 4.69) is 26.0 Å². The number of hydrogen-bond donors (Lipinski definition) is 0. The summed E-state index contributed by atoms with van der Waals surface area (Å²) in [6, 6.07) is 4.17. The van der Waals surface area contributed by atoms with Crippen LogP contribution >= 0.6 is 0 Å². The Morgan fingerprint density at radius 2 is 1.14 bits per heavy atom. The van der Waals surface area contributed by atoms with Crippen LogP contribution < -0.4 is 28.4 Å². The Morgan fingerprint density at radius 1 is 0.714 bits per heavy atom. The number of rotatable bonds is 2. The second-order valence-corrected chi connectivity index (χ2v) is 7.72. The SMILES string of the molecule is COc1c2c(cc3c1-c1c(cc4c(c1OC)OCO4)C[C@H](C)[C@@H](C)C3)OCO2. The standard InChI is InChI=1S/C22H24O6/c1-11-5-13-7-15-19(27-9-25-15)21(23-3)17(13)18-14(6-12(11)2)8-16-20(22(18)24-4)28-10-26-16/h7-8,11-12H,5-6,9-10H2,1-4H3/t11-,12-/m0/s1. The Morgan fingerprint density at radius 3 is 1.54 bits per heavy atom. The summed E-state index contributed by atoms with van der Waals surface area (Å²) in [4.78, 5) is 0. The van der Waals surface area contributed by atoms with Gasteiger partial charge >= 0.3 is 0 Å². The summed E-state index contributed by atoms with van der Waals surface area (Å²) in [6.45, 7) is 4.98. The van der Waals surface area contributed by atoms with E-state index in [1.165, 1.54) is 11.1 Å². The average Bonchev–Trinajstić information content (AvgIpc) is 3.34. The number of hydrogen-bond acceptors (Lipinski definition) is 6. The van der Waals surface area contributed by atoms with Crippen LogP contribution in [0.15, 0.2) is 12.1 Å². The highest BCUT2D eigenvalue weighted by atomic mass is 16.7. The molecular weight excluding hydrogens is 360 g/mol. The highest BCUT2D eigenvalue weighted by Crippen LogP contribution is 2.57. The summed E-state index contributed by atoms with van der Waals surface area (Å²) >= 11 is 0. The smallest absolute Gasteiger partial charge is 0.231 e. The molecule has 6 nitrogen and oxygen atoms in total. The van der Waals surface area contributed by atoms with Gasteiger partial charge in [0.2, 0.25) is 25.1 Å². The van der Waals surface area contributed by atoms with Crippen LogP contribution in [0.1, 0.15) is 25.0 Å². The first kappa shape index (κ1) is 17.3. The van der Waals surface area contributed by atoms with Gasteiger partial charge in [0, 0.05) is 11.1 Å². The van der Waals surface area contributed by atoms with Crippen LogP contribution in [0.3, 0.4) is 0 Å². The fourth-order valence-corrected chi connectivity index (χ4v) is 4.48. The van der Waals surface area contributed by atoms with E-state index in [1.54, 1.807) is 14.2 Å². The molecule has 0 unspecified atom stereocenters. The van der Waals surface area contributed by atoms with E-state index in [0.717, 1.165) is 35.5 Å². The predicted octanol–water partition coefficient (Wildman–Crippen LogP) is 4.20. The lowest BCUT2D eigenvalue weighted by atomic mass is 9.77. The third-order valence-corrected chi connectivity index (χ3v) is 6.12. The monoisotopic (exact) mass is 384 g/mol. The minimum Gasteiger partial charge on any atom is -0.492 e. The van der Waals surface area contributed by atoms with Gasteiger partial charge < -0.3 is 28.4 Å². The first-order valence-corrected chi connectivity index (χ1v) is 9.61. The maximum absolute atomic E-state index is 5.86. The van der Waals surface area contributed by atoms with Crippen molar-refractivity contribution in [3.05, 3.63) is 23.3 Å². The molecule has 148 valence electrons. The maximum Gasteiger partial charge on any atom is 0.231 e. The number of methoxy groups -OCH3 is 2. The van der Waals surface area contributed by atoms with Gasteiger partial charge in [-0.05, 0) is 47.9 Å². The number of benzene rings is 2. The van der Waals surface area contributed by atoms with Crippen LogP contribution in [0.4, 0.5) is 0 Å². The molecule has 5 rings (SSSR count). The van der Waals surface area contributed by atoms with Gasteiger partial charge in [-0.2, -0.15) is 0 Å². The normalized spacial score (nSPS) is 21.4. The molecule has 6 heteroatoms. The fourth-order valence-electron chi connectivity index (χ4n) is 4.48. The Hall–Kier alpha value is -2.76. The van der Waals surface area contributed by atoms with Crippen molar-refractivity contribution in [1.29, 1.82) is 0 Å². The van der Waals surface area contributed by atoms with Crippen molar-refractivity contribution in [3.8, 4) is 45.6 Å². The van der Waals surface area contributed by atoms with Crippen molar-refractivity contribution < 1.29 is 28.4 Å². The van der Waals surface area contributed by atoms with E-state index in [9.17, 15) is 0 Å². The van der Waals surface area contributed by atoms with E-state index in [0.29, 0.717) is 34.8 Å². The van der Waals surface area contributed by atoms with Gasteiger partial charge in [0.05, 0.1) is 14.2 Å². The van der Waals surface area contributed by atoms with Gasteiger partial charge in [-0.25, -0.2) is 0 Å². The highest BCUT2D eigenvalue weighted by molar-refractivity contribution is 5.88. The molecule has 2 aromatic carbocycles. The van der Waals surface area contributed by atoms with Crippen molar-refractivity contribution in [1.82, 2.24) is 0 Å². The molecule has 0 spiro atoms. The topological polar surface area (TPSA) is 55.4 Å². The molecule has 1 aliphatic carbocycles. The summed E-state index contributed by atoms with van der Waals surface area (Å²) in [5.74, 6) is 5.12. The molecule has 0 saturated carbocycles. The second kappa shape index (κ2) is 6.40. The van der Waals surface area contributed by atoms with Crippen LogP contribution in [0.2, 0.25) is 0 Å². The molecule has 2 aromatic rings. The molecular formula is C22H24O6. The highest BCUT2D eigenvalue weighted by Gasteiger charge is 2.35. The molecule has 3 aliphatic rings. The zero-order chi connectivity index (χ0) is 19.4. The molecule has 0 bridgehead atoms. The number of fused-ring (bicyclic) bond motifs is 5. The third kappa shape index (κ3) is 2.40. The van der Waals surface area contributed by atoms with Crippen LogP contribution in [0.5, 0.6) is 34.5 Å². The Kier molecular flexibility index (Phi) is 3.96. The Balaban J connectivity index is 1.87. The lowest BCUT2D eigenvalue weighted by Gasteiger charge is -2.29. The van der Waals surface area contributed by atoms with E-state index in [1.807, 2.05) is 0 Å². The molecule has 0 radical (unpaired) electrons. The summed E-state index contributed by atoms with van der Waals surface area (Å²) in [7, 11) is 3.34. The Bertz CT molecular complexity index is 874. The van der Waals surface area contributed by atoms with E-state index in [-0.39, 0.29) is 13.6 Å². The largest absolute Gasteiger partial charge is 0.492 e. The third-order valence-electron chi connectivity index (χ3n) is 6.12. The molecule has 0 aromatic heterocycles. The summed E-state index contributed by atoms with van der Waals surface area (Å²) < 4.78 is 34.6. The predicted molar refractivity (Wildman–Crippen MR) is 103 cm³/mol. The van der Waals surface area contributed by atoms with E-state index < -0.39 is 0 Å². The summed E-state index contributed by atoms with van der Waals surface area (Å²) in [6.07, 6.45) is 1.83. The van der Waals surface area contributed by atoms with E-state index >= 15 is 0 Å². The first-order chi connectivity index (χ1) is 13.6. The molecule has 2 atom stereocenters. The van der Waals surface area contributed by atoms with Gasteiger partial charge in [0.1, 0.15) is 0 Å². The van der Waals surface area contributed by atoms with Gasteiger partial charge in [0.15, 0.2) is 23.0 Å². The molecule has 0 N–H and O–H groups in total. The lowest BCUT2D eigenvalue weighted by Crippen LogP contribution is -2.18. The van der Waals surface area contributed by atoms with Gasteiger partial charge in [-0.1, -0.05) is 13.8 Å². The molecule has 2 aliphatic heterocycles. The van der Waals surface area contributed by atoms with Crippen molar-refractivity contribution in [3.63, 3.8) is 0 Å². The lowest BCUT2D eigenvalue weighted by molar-refractivity contribution is 0.171. The zero-order valence-corrected chi connectivity index (χ0v) is 16.6. The number of ether oxygens (including phenoxy) is 6. The minimum absolute atomic E-state index is 0.200. The van der Waals surface area contributed by atoms with Crippen molar-refractivity contribution in [2.45, 2.75) is 26.7 Å². The molecule has 2 heterocycles. The quantitative estimate of drug-likeness (QED) is 0.774. The van der Waals surface area contributed by atoms with Crippen molar-refractivity contribution >= 4 is 0 Å². The minimum atomic E-state index is 0.200. The fraction of sp³-hybridized carbons (Fsp3) is 0.455. The molecule has 0 amide bonds. The maximum atomic E-state index is 5.86. The molecule has 0 fully saturated rings. The molecule has 0 saturated heterocycles. The molecule has 28 heavy (non-hydrogen) atoms. The summed E-state index contributed by atoms with van der Waals surface area (Å²) in [5.41, 5.74) is 4.32. The van der Waals surface area contributed by atoms with Crippen molar-refractivity contribution in [2.24, 2.45) is 11.8 Å². The first-order valence-electron chi connectivity index (χ1n) is 9.61. The average molecular weight is 384 g/mol. The van der Waals surface area contributed by atoms with Crippen LogP contribution in [-0.2, 0) is 12.8 Å². The van der Waals surface area contributed by atoms with Crippen LogP contribution in [0.25, 0.3) is 11.1 Å². The van der Waals surface area contributed by atoms with Gasteiger partial charge in [-0.3, -0.25) is 0 Å². The van der Waals surface area contributed by atoms with Crippen molar-refractivity contribution in [2.75, 3.05) is 27.8 Å². The Labute approximate surface area is 164 Å². The van der Waals surface area contributed by atoms with Gasteiger partial charge in [0.25, 0.3) is 0 Å². The zero-order valence-electron chi connectivity index (χ0n) is 16.6. The van der Waals surface area contributed by atoms with Crippen LogP contribution in [0, 0.1) is 11.8 Å². The summed E-state index contributed by atoms with van der Waals surface area (Å²) in [5, 5.41) is 0. The second-order valence-electron chi connectivity index (χ2n) is 7.72. The van der Waals surface area contributed by atoms with Crippen LogP contribution in [-0.4, -0.2) is 27.8 Å². The van der Waals surface area contributed by atoms with Gasteiger partial charge in [-0.15, -0.1) is 0 Å².